The van der Waals surface area contributed by atoms with Gasteiger partial charge < -0.3 is 0 Å². The van der Waals surface area contributed by atoms with E-state index in [2.05, 4.69) is 4.98 Å². The summed E-state index contributed by atoms with van der Waals surface area (Å²) in [6.07, 6.45) is 4.58. The Balaban J connectivity index is 3.06. The number of nitrogens with zero attached hydrogens (tertiary/aromatic N) is 2. The highest BCUT2D eigenvalue weighted by molar-refractivity contribution is 5.73. The summed E-state index contributed by atoms with van der Waals surface area (Å²) in [5.41, 5.74) is 1.03. The van der Waals surface area contributed by atoms with Gasteiger partial charge in [0.2, 0.25) is 0 Å². The molecule has 0 fully saturated rings. The van der Waals surface area contributed by atoms with Crippen LogP contribution in [0.4, 0.5) is 5.69 Å². The predicted molar refractivity (Wildman–Crippen MR) is 50.7 cm³/mol. The first kappa shape index (κ1) is 10.0. The molecule has 5 heteroatoms. The fourth-order valence-electron chi connectivity index (χ4n) is 0.991. The van der Waals surface area contributed by atoms with E-state index in [0.717, 1.165) is 0 Å². The average molecular weight is 192 g/mol. The van der Waals surface area contributed by atoms with Gasteiger partial charge in [0.1, 0.15) is 12.5 Å². The number of hydrogen-bond acceptors (Lipinski definition) is 4. The van der Waals surface area contributed by atoms with Crippen LogP contribution in [0, 0.1) is 17.0 Å². The molecule has 0 atom stereocenters. The van der Waals surface area contributed by atoms with Gasteiger partial charge in [-0.05, 0) is 25.1 Å². The summed E-state index contributed by atoms with van der Waals surface area (Å²) in [6, 6.07) is 1.55. The number of aromatic nitrogens is 1. The van der Waals surface area contributed by atoms with E-state index in [1.807, 2.05) is 0 Å². The molecule has 1 aromatic heterocycles. The minimum absolute atomic E-state index is 0.0201. The van der Waals surface area contributed by atoms with Gasteiger partial charge in [-0.25, -0.2) is 4.98 Å². The molecule has 1 aromatic rings. The molecule has 0 aliphatic rings. The minimum Gasteiger partial charge on any atom is -0.299 e. The molecule has 1 heterocycles. The van der Waals surface area contributed by atoms with Crippen molar-refractivity contribution >= 4 is 18.0 Å². The van der Waals surface area contributed by atoms with Gasteiger partial charge in [0.25, 0.3) is 5.69 Å². The summed E-state index contributed by atoms with van der Waals surface area (Å²) in [5, 5.41) is 10.4. The van der Waals surface area contributed by atoms with Crippen LogP contribution < -0.4 is 0 Å². The molecule has 0 bridgehead atoms. The number of nitro groups is 1. The Hall–Kier alpha value is -2.04. The van der Waals surface area contributed by atoms with Crippen LogP contribution in [-0.2, 0) is 4.79 Å². The van der Waals surface area contributed by atoms with Crippen molar-refractivity contribution in [3.8, 4) is 0 Å². The van der Waals surface area contributed by atoms with Gasteiger partial charge in [0.15, 0.2) is 0 Å². The van der Waals surface area contributed by atoms with Gasteiger partial charge in [-0.3, -0.25) is 14.9 Å². The van der Waals surface area contributed by atoms with Crippen molar-refractivity contribution in [3.63, 3.8) is 0 Å². The van der Waals surface area contributed by atoms with Crippen LogP contribution in [0.15, 0.2) is 18.3 Å². The summed E-state index contributed by atoms with van der Waals surface area (Å²) < 4.78 is 0. The molecule has 0 spiro atoms. The van der Waals surface area contributed by atoms with Gasteiger partial charge in [0.05, 0.1) is 10.6 Å². The summed E-state index contributed by atoms with van der Waals surface area (Å²) in [5.74, 6) is 0. The normalized spacial score (nSPS) is 10.4. The maximum atomic E-state index is 10.4. The van der Waals surface area contributed by atoms with Gasteiger partial charge >= 0.3 is 0 Å². The third kappa shape index (κ3) is 2.22. The van der Waals surface area contributed by atoms with Crippen LogP contribution in [0.3, 0.4) is 0 Å². The first-order valence-corrected chi connectivity index (χ1v) is 3.88. The van der Waals surface area contributed by atoms with Crippen molar-refractivity contribution in [2.45, 2.75) is 6.92 Å². The largest absolute Gasteiger partial charge is 0.299 e. The van der Waals surface area contributed by atoms with Crippen molar-refractivity contribution in [3.05, 3.63) is 39.7 Å². The maximum absolute atomic E-state index is 10.4. The van der Waals surface area contributed by atoms with E-state index in [9.17, 15) is 14.9 Å². The van der Waals surface area contributed by atoms with E-state index in [4.69, 9.17) is 0 Å². The van der Waals surface area contributed by atoms with E-state index in [0.29, 0.717) is 17.5 Å². The zero-order valence-corrected chi connectivity index (χ0v) is 7.51. The van der Waals surface area contributed by atoms with Crippen LogP contribution in [-0.4, -0.2) is 16.2 Å². The van der Waals surface area contributed by atoms with Crippen LogP contribution in [0.25, 0.3) is 6.08 Å². The lowest BCUT2D eigenvalue weighted by Crippen LogP contribution is -1.93. The van der Waals surface area contributed by atoms with E-state index in [-0.39, 0.29) is 5.69 Å². The second-order valence-corrected chi connectivity index (χ2v) is 2.65. The Bertz CT molecular complexity index is 399. The number of rotatable bonds is 3. The summed E-state index contributed by atoms with van der Waals surface area (Å²) in [7, 11) is 0. The Morgan fingerprint density at radius 3 is 2.79 bits per heavy atom. The number of aryl methyl sites for hydroxylation is 1. The second-order valence-electron chi connectivity index (χ2n) is 2.65. The minimum atomic E-state index is -0.491. The molecule has 0 amide bonds. The molecule has 0 saturated carbocycles. The number of hydrogen-bond donors (Lipinski definition) is 0. The van der Waals surface area contributed by atoms with Crippen LogP contribution in [0.1, 0.15) is 11.3 Å². The third-order valence-corrected chi connectivity index (χ3v) is 1.65. The Kier molecular flexibility index (Phi) is 3.06. The molecule has 14 heavy (non-hydrogen) atoms. The number of aldehydes is 1. The van der Waals surface area contributed by atoms with Crippen LogP contribution in [0.5, 0.6) is 0 Å². The topological polar surface area (TPSA) is 73.1 Å². The molecule has 0 N–H and O–H groups in total. The van der Waals surface area contributed by atoms with E-state index >= 15 is 0 Å². The van der Waals surface area contributed by atoms with Crippen molar-refractivity contribution in [2.75, 3.05) is 0 Å². The molecule has 0 unspecified atom stereocenters. The van der Waals surface area contributed by atoms with Gasteiger partial charge in [-0.1, -0.05) is 0 Å². The van der Waals surface area contributed by atoms with Crippen molar-refractivity contribution in [1.82, 2.24) is 4.98 Å². The monoisotopic (exact) mass is 192 g/mol. The number of carbonyl (C=O) groups excluding carboxylic acids is 1. The fraction of sp³-hybridized carbons (Fsp3) is 0.111. The molecular weight excluding hydrogens is 184 g/mol. The predicted octanol–water partition coefficient (Wildman–Crippen LogP) is 1.51. The fourth-order valence-corrected chi connectivity index (χ4v) is 0.991. The molecule has 72 valence electrons. The molecule has 0 radical (unpaired) electrons. The summed E-state index contributed by atoms with van der Waals surface area (Å²) in [6.45, 7) is 1.62. The first-order chi connectivity index (χ1) is 6.65. The molecule has 5 nitrogen and oxygen atoms in total. The molecule has 1 rings (SSSR count). The lowest BCUT2D eigenvalue weighted by molar-refractivity contribution is -0.385. The Morgan fingerprint density at radius 1 is 1.57 bits per heavy atom. The standard InChI is InChI=1S/C9H8N2O3/c1-7-5-8(3-2-4-12)10-6-9(7)11(13)14/h2-6H,1H3. The lowest BCUT2D eigenvalue weighted by Gasteiger charge is -1.96. The van der Waals surface area contributed by atoms with Crippen molar-refractivity contribution < 1.29 is 9.72 Å². The quantitative estimate of drug-likeness (QED) is 0.315. The van der Waals surface area contributed by atoms with Crippen LogP contribution >= 0.6 is 0 Å². The number of carbonyl (C=O) groups is 1. The number of pyridine rings is 1. The van der Waals surface area contributed by atoms with E-state index in [1.165, 1.54) is 18.3 Å². The first-order valence-electron chi connectivity index (χ1n) is 3.88. The average Bonchev–Trinajstić information content (AvgIpc) is 2.14. The lowest BCUT2D eigenvalue weighted by atomic mass is 10.2. The van der Waals surface area contributed by atoms with Gasteiger partial charge in [-0.15, -0.1) is 0 Å². The number of allylic oxidation sites excluding steroid dienone is 1. The highest BCUT2D eigenvalue weighted by Crippen LogP contribution is 2.16. The zero-order chi connectivity index (χ0) is 10.6. The Morgan fingerprint density at radius 2 is 2.29 bits per heavy atom. The molecule has 0 aliphatic heterocycles. The summed E-state index contributed by atoms with van der Waals surface area (Å²) >= 11 is 0. The van der Waals surface area contributed by atoms with Crippen molar-refractivity contribution in [2.24, 2.45) is 0 Å². The highest BCUT2D eigenvalue weighted by atomic mass is 16.6. The maximum Gasteiger partial charge on any atom is 0.290 e. The third-order valence-electron chi connectivity index (χ3n) is 1.65. The van der Waals surface area contributed by atoms with Gasteiger partial charge in [0, 0.05) is 5.56 Å². The SMILES string of the molecule is Cc1cc(C=CC=O)ncc1[N+](=O)[O-]. The molecule has 0 aliphatic carbocycles. The van der Waals surface area contributed by atoms with Crippen LogP contribution in [0.2, 0.25) is 0 Å². The molecular formula is C9H8N2O3. The highest BCUT2D eigenvalue weighted by Gasteiger charge is 2.09. The molecule has 0 saturated heterocycles. The molecule has 0 aromatic carbocycles. The smallest absolute Gasteiger partial charge is 0.290 e. The summed E-state index contributed by atoms with van der Waals surface area (Å²) in [4.78, 5) is 23.8. The van der Waals surface area contributed by atoms with Gasteiger partial charge in [-0.2, -0.15) is 0 Å². The zero-order valence-electron chi connectivity index (χ0n) is 7.51. The van der Waals surface area contributed by atoms with Crippen molar-refractivity contribution in [1.29, 1.82) is 0 Å². The van der Waals surface area contributed by atoms with E-state index in [1.54, 1.807) is 13.0 Å². The van der Waals surface area contributed by atoms with E-state index < -0.39 is 4.92 Å². The second kappa shape index (κ2) is 4.27. The Labute approximate surface area is 80.2 Å².